The van der Waals surface area contributed by atoms with E-state index in [1.165, 1.54) is 12.1 Å². The van der Waals surface area contributed by atoms with E-state index in [4.69, 9.17) is 11.6 Å². The summed E-state index contributed by atoms with van der Waals surface area (Å²) in [5.74, 6) is -0.276. The van der Waals surface area contributed by atoms with Crippen LogP contribution in [0.25, 0.3) is 0 Å². The van der Waals surface area contributed by atoms with E-state index in [2.05, 4.69) is 0 Å². The molecule has 0 fully saturated rings. The number of hydrogen-bond acceptors (Lipinski definition) is 3. The maximum atomic E-state index is 13.4. The second kappa shape index (κ2) is 8.13. The highest BCUT2D eigenvalue weighted by atomic mass is 35.5. The van der Waals surface area contributed by atoms with Crippen molar-refractivity contribution < 1.29 is 13.2 Å². The summed E-state index contributed by atoms with van der Waals surface area (Å²) < 4.78 is 28.0. The van der Waals surface area contributed by atoms with Crippen molar-refractivity contribution in [3.8, 4) is 0 Å². The number of nitrogens with zero attached hydrogens (tertiary/aromatic N) is 2. The van der Waals surface area contributed by atoms with Gasteiger partial charge in [0.1, 0.15) is 6.54 Å². The van der Waals surface area contributed by atoms with Gasteiger partial charge in [-0.2, -0.15) is 0 Å². The number of sulfonamides is 1. The van der Waals surface area contributed by atoms with Gasteiger partial charge in [0.2, 0.25) is 5.91 Å². The number of rotatable bonds is 5. The molecule has 3 aromatic rings. The van der Waals surface area contributed by atoms with Crippen molar-refractivity contribution in [2.24, 2.45) is 0 Å². The Kier molecular flexibility index (Phi) is 5.54. The lowest BCUT2D eigenvalue weighted by atomic mass is 10.1. The van der Waals surface area contributed by atoms with Crippen LogP contribution in [0, 0.1) is 0 Å². The molecule has 1 atom stereocenters. The van der Waals surface area contributed by atoms with Gasteiger partial charge in [0, 0.05) is 16.8 Å². The summed E-state index contributed by atoms with van der Waals surface area (Å²) in [6.45, 7) is 1.66. The van der Waals surface area contributed by atoms with Crippen LogP contribution in [-0.4, -0.2) is 26.9 Å². The largest absolute Gasteiger partial charge is 0.307 e. The van der Waals surface area contributed by atoms with Gasteiger partial charge in [0.25, 0.3) is 10.0 Å². The molecule has 154 valence electrons. The molecule has 1 heterocycles. The van der Waals surface area contributed by atoms with Crippen molar-refractivity contribution in [2.75, 3.05) is 15.7 Å². The van der Waals surface area contributed by atoms with Gasteiger partial charge in [-0.3, -0.25) is 9.10 Å². The van der Waals surface area contributed by atoms with Gasteiger partial charge >= 0.3 is 0 Å². The molecule has 0 aromatic heterocycles. The summed E-state index contributed by atoms with van der Waals surface area (Å²) in [4.78, 5) is 15.2. The van der Waals surface area contributed by atoms with Crippen LogP contribution in [-0.2, 0) is 21.2 Å². The molecule has 0 saturated carbocycles. The fourth-order valence-electron chi connectivity index (χ4n) is 3.79. The minimum Gasteiger partial charge on any atom is -0.307 e. The van der Waals surface area contributed by atoms with Gasteiger partial charge in [-0.1, -0.05) is 48.0 Å². The third kappa shape index (κ3) is 3.80. The van der Waals surface area contributed by atoms with E-state index in [1.54, 1.807) is 47.4 Å². The number of para-hydroxylation sites is 1. The van der Waals surface area contributed by atoms with Crippen LogP contribution < -0.4 is 9.21 Å². The standard InChI is InChI=1S/C23H21ClN2O3S/c1-17-15-18-7-5-6-10-22(18)26(17)23(27)16-25(20-13-11-19(24)12-14-20)30(28,29)21-8-3-2-4-9-21/h2-14,17H,15-16H2,1H3. The lowest BCUT2D eigenvalue weighted by Crippen LogP contribution is -2.45. The van der Waals surface area contributed by atoms with Crippen molar-refractivity contribution in [3.05, 3.63) is 89.4 Å². The van der Waals surface area contributed by atoms with Crippen LogP contribution >= 0.6 is 11.6 Å². The predicted octanol–water partition coefficient (Wildman–Crippen LogP) is 4.51. The number of hydrogen-bond donors (Lipinski definition) is 0. The Hall–Kier alpha value is -2.83. The lowest BCUT2D eigenvalue weighted by molar-refractivity contribution is -0.117. The first kappa shape index (κ1) is 20.4. The summed E-state index contributed by atoms with van der Waals surface area (Å²) in [5.41, 5.74) is 2.31. The number of halogens is 1. The van der Waals surface area contributed by atoms with Gasteiger partial charge in [-0.15, -0.1) is 0 Å². The molecule has 1 amide bonds. The van der Waals surface area contributed by atoms with Gasteiger partial charge in [0.15, 0.2) is 0 Å². The number of fused-ring (bicyclic) bond motifs is 1. The highest BCUT2D eigenvalue weighted by Gasteiger charge is 2.34. The highest BCUT2D eigenvalue weighted by Crippen LogP contribution is 2.33. The van der Waals surface area contributed by atoms with E-state index in [0.717, 1.165) is 22.0 Å². The number of amides is 1. The topological polar surface area (TPSA) is 57.7 Å². The highest BCUT2D eigenvalue weighted by molar-refractivity contribution is 7.92. The average molecular weight is 441 g/mol. The molecule has 1 unspecified atom stereocenters. The summed E-state index contributed by atoms with van der Waals surface area (Å²) in [6.07, 6.45) is 0.744. The molecule has 4 rings (SSSR count). The molecule has 0 radical (unpaired) electrons. The molecule has 0 N–H and O–H groups in total. The molecule has 30 heavy (non-hydrogen) atoms. The Morgan fingerprint density at radius 2 is 1.63 bits per heavy atom. The van der Waals surface area contributed by atoms with Crippen LogP contribution in [0.15, 0.2) is 83.8 Å². The van der Waals surface area contributed by atoms with Gasteiger partial charge in [0.05, 0.1) is 10.6 Å². The molecule has 0 spiro atoms. The Morgan fingerprint density at radius 3 is 2.33 bits per heavy atom. The minimum absolute atomic E-state index is 0.0404. The van der Waals surface area contributed by atoms with E-state index >= 15 is 0 Å². The Labute approximate surface area is 181 Å². The molecular formula is C23H21ClN2O3S. The molecule has 0 aliphatic carbocycles. The van der Waals surface area contributed by atoms with Gasteiger partial charge in [-0.05, 0) is 61.4 Å². The second-order valence-electron chi connectivity index (χ2n) is 7.25. The predicted molar refractivity (Wildman–Crippen MR) is 120 cm³/mol. The van der Waals surface area contributed by atoms with E-state index in [-0.39, 0.29) is 23.4 Å². The number of anilines is 2. The zero-order chi connectivity index (χ0) is 21.3. The average Bonchev–Trinajstić information content (AvgIpc) is 3.09. The fourth-order valence-corrected chi connectivity index (χ4v) is 5.35. The zero-order valence-corrected chi connectivity index (χ0v) is 18.0. The van der Waals surface area contributed by atoms with Crippen molar-refractivity contribution in [3.63, 3.8) is 0 Å². The second-order valence-corrected chi connectivity index (χ2v) is 9.55. The zero-order valence-electron chi connectivity index (χ0n) is 16.4. The van der Waals surface area contributed by atoms with E-state index in [0.29, 0.717) is 10.7 Å². The quantitative estimate of drug-likeness (QED) is 0.586. The minimum atomic E-state index is -3.94. The van der Waals surface area contributed by atoms with Crippen LogP contribution in [0.3, 0.4) is 0 Å². The molecule has 3 aromatic carbocycles. The van der Waals surface area contributed by atoms with Crippen LogP contribution in [0.1, 0.15) is 12.5 Å². The van der Waals surface area contributed by atoms with Crippen molar-refractivity contribution in [1.29, 1.82) is 0 Å². The first-order valence-corrected chi connectivity index (χ1v) is 11.4. The monoisotopic (exact) mass is 440 g/mol. The first-order valence-electron chi connectivity index (χ1n) is 9.61. The first-order chi connectivity index (χ1) is 14.4. The van der Waals surface area contributed by atoms with Crippen LogP contribution in [0.2, 0.25) is 5.02 Å². The van der Waals surface area contributed by atoms with E-state index < -0.39 is 10.0 Å². The third-order valence-electron chi connectivity index (χ3n) is 5.20. The lowest BCUT2D eigenvalue weighted by Gasteiger charge is -2.29. The SMILES string of the molecule is CC1Cc2ccccc2N1C(=O)CN(c1ccc(Cl)cc1)S(=O)(=O)c1ccccc1. The molecule has 0 saturated heterocycles. The number of benzene rings is 3. The molecule has 5 nitrogen and oxygen atoms in total. The smallest absolute Gasteiger partial charge is 0.264 e. The van der Waals surface area contributed by atoms with Gasteiger partial charge < -0.3 is 4.90 Å². The van der Waals surface area contributed by atoms with Gasteiger partial charge in [-0.25, -0.2) is 8.42 Å². The summed E-state index contributed by atoms with van der Waals surface area (Å²) in [6, 6.07) is 22.2. The normalized spacial score (nSPS) is 15.7. The number of carbonyl (C=O) groups excluding carboxylic acids is 1. The Morgan fingerprint density at radius 1 is 1.00 bits per heavy atom. The van der Waals surface area contributed by atoms with Crippen LogP contribution in [0.4, 0.5) is 11.4 Å². The van der Waals surface area contributed by atoms with Crippen molar-refractivity contribution in [1.82, 2.24) is 0 Å². The fraction of sp³-hybridized carbons (Fsp3) is 0.174. The van der Waals surface area contributed by atoms with Crippen molar-refractivity contribution >= 4 is 38.9 Å². The molecule has 1 aliphatic rings. The maximum Gasteiger partial charge on any atom is 0.264 e. The Balaban J connectivity index is 1.72. The molecule has 0 bridgehead atoms. The summed E-state index contributed by atoms with van der Waals surface area (Å²) in [5, 5.41) is 0.490. The number of carbonyl (C=O) groups is 1. The summed E-state index contributed by atoms with van der Waals surface area (Å²) >= 11 is 5.99. The third-order valence-corrected chi connectivity index (χ3v) is 7.24. The van der Waals surface area contributed by atoms with E-state index in [1.807, 2.05) is 31.2 Å². The maximum absolute atomic E-state index is 13.4. The summed E-state index contributed by atoms with van der Waals surface area (Å²) in [7, 11) is -3.94. The Bertz CT molecular complexity index is 1160. The van der Waals surface area contributed by atoms with E-state index in [9.17, 15) is 13.2 Å². The molecular weight excluding hydrogens is 420 g/mol. The molecule has 7 heteroatoms. The van der Waals surface area contributed by atoms with Crippen molar-refractivity contribution in [2.45, 2.75) is 24.3 Å². The molecule has 1 aliphatic heterocycles. The van der Waals surface area contributed by atoms with Crippen LogP contribution in [0.5, 0.6) is 0 Å².